The fourth-order valence-electron chi connectivity index (χ4n) is 1.82. The van der Waals surface area contributed by atoms with Crippen LogP contribution in [-0.4, -0.2) is 24.0 Å². The van der Waals surface area contributed by atoms with Gasteiger partial charge in [-0.1, -0.05) is 0 Å². The van der Waals surface area contributed by atoms with Crippen LogP contribution in [-0.2, 0) is 4.79 Å². The normalized spacial score (nSPS) is 14.6. The van der Waals surface area contributed by atoms with Crippen molar-refractivity contribution in [1.82, 2.24) is 10.3 Å². The fraction of sp³-hybridized carbons (Fsp3) is 0.385. The summed E-state index contributed by atoms with van der Waals surface area (Å²) in [5, 5.41) is 5.78. The van der Waals surface area contributed by atoms with Crippen molar-refractivity contribution < 1.29 is 13.6 Å². The average Bonchev–Trinajstić information content (AvgIpc) is 3.16. The van der Waals surface area contributed by atoms with Crippen molar-refractivity contribution in [3.8, 4) is 0 Å². The van der Waals surface area contributed by atoms with Gasteiger partial charge in [-0.2, -0.15) is 4.98 Å². The van der Waals surface area contributed by atoms with Crippen LogP contribution in [0.3, 0.4) is 0 Å². The van der Waals surface area contributed by atoms with Gasteiger partial charge in [0.25, 0.3) is 6.01 Å². The number of anilines is 1. The third-order valence-electron chi connectivity index (χ3n) is 3.00. The Morgan fingerprint density at radius 1 is 1.42 bits per heavy atom. The number of amides is 1. The first-order chi connectivity index (χ1) is 9.22. The molecule has 0 aliphatic heterocycles. The Kier molecular flexibility index (Phi) is 3.06. The van der Waals surface area contributed by atoms with Gasteiger partial charge in [-0.3, -0.25) is 4.79 Å². The number of carbonyl (C=O) groups is 1. The van der Waals surface area contributed by atoms with Gasteiger partial charge in [0.05, 0.1) is 0 Å². The lowest BCUT2D eigenvalue weighted by molar-refractivity contribution is -0.122. The SMILES string of the molecule is O=C(NCCNc1nc2cc(F)ccc2o1)C1CC1. The minimum atomic E-state index is -0.343. The summed E-state index contributed by atoms with van der Waals surface area (Å²) < 4.78 is 18.4. The standard InChI is InChI=1S/C13H14FN3O2/c14-9-3-4-11-10(7-9)17-13(19-11)16-6-5-15-12(18)8-1-2-8/h3-4,7-8H,1-2,5-6H2,(H,15,18)(H,16,17). The lowest BCUT2D eigenvalue weighted by Gasteiger charge is -2.03. The van der Waals surface area contributed by atoms with E-state index in [0.29, 0.717) is 30.2 Å². The second kappa shape index (κ2) is 4.87. The van der Waals surface area contributed by atoms with Gasteiger partial charge >= 0.3 is 0 Å². The van der Waals surface area contributed by atoms with Gasteiger partial charge in [-0.05, 0) is 25.0 Å². The molecule has 2 aromatic rings. The van der Waals surface area contributed by atoms with E-state index < -0.39 is 0 Å². The molecule has 19 heavy (non-hydrogen) atoms. The lowest BCUT2D eigenvalue weighted by Crippen LogP contribution is -2.29. The molecule has 0 radical (unpaired) electrons. The Balaban J connectivity index is 1.52. The topological polar surface area (TPSA) is 67.2 Å². The molecule has 0 unspecified atom stereocenters. The molecule has 1 aliphatic rings. The number of oxazole rings is 1. The number of halogens is 1. The van der Waals surface area contributed by atoms with E-state index >= 15 is 0 Å². The molecule has 5 nitrogen and oxygen atoms in total. The number of carbonyl (C=O) groups excluding carboxylic acids is 1. The first-order valence-electron chi connectivity index (χ1n) is 6.30. The van der Waals surface area contributed by atoms with Crippen molar-refractivity contribution in [2.75, 3.05) is 18.4 Å². The van der Waals surface area contributed by atoms with Crippen LogP contribution in [0.1, 0.15) is 12.8 Å². The van der Waals surface area contributed by atoms with E-state index in [4.69, 9.17) is 4.42 Å². The lowest BCUT2D eigenvalue weighted by atomic mass is 10.3. The van der Waals surface area contributed by atoms with Crippen molar-refractivity contribution in [1.29, 1.82) is 0 Å². The monoisotopic (exact) mass is 263 g/mol. The number of hydrogen-bond acceptors (Lipinski definition) is 4. The number of nitrogens with zero attached hydrogens (tertiary/aromatic N) is 1. The molecule has 1 aromatic carbocycles. The van der Waals surface area contributed by atoms with Gasteiger partial charge in [0.15, 0.2) is 5.58 Å². The van der Waals surface area contributed by atoms with E-state index in [1.807, 2.05) is 0 Å². The highest BCUT2D eigenvalue weighted by Crippen LogP contribution is 2.28. The molecule has 1 fully saturated rings. The number of nitrogens with one attached hydrogen (secondary N) is 2. The van der Waals surface area contributed by atoms with Gasteiger partial charge in [0.1, 0.15) is 11.3 Å². The molecule has 1 aromatic heterocycles. The fourth-order valence-corrected chi connectivity index (χ4v) is 1.82. The zero-order chi connectivity index (χ0) is 13.2. The Bertz CT molecular complexity index is 607. The van der Waals surface area contributed by atoms with Crippen LogP contribution in [0.5, 0.6) is 0 Å². The number of benzene rings is 1. The van der Waals surface area contributed by atoms with Crippen LogP contribution in [0.4, 0.5) is 10.4 Å². The van der Waals surface area contributed by atoms with Gasteiger partial charge in [0.2, 0.25) is 5.91 Å². The summed E-state index contributed by atoms with van der Waals surface area (Å²) >= 11 is 0. The highest BCUT2D eigenvalue weighted by molar-refractivity contribution is 5.80. The number of fused-ring (bicyclic) bond motifs is 1. The summed E-state index contributed by atoms with van der Waals surface area (Å²) in [4.78, 5) is 15.5. The van der Waals surface area contributed by atoms with Gasteiger partial charge < -0.3 is 15.1 Å². The van der Waals surface area contributed by atoms with Gasteiger partial charge in [-0.25, -0.2) is 4.39 Å². The van der Waals surface area contributed by atoms with Gasteiger partial charge in [0, 0.05) is 25.1 Å². The van der Waals surface area contributed by atoms with Crippen LogP contribution >= 0.6 is 0 Å². The molecule has 1 heterocycles. The van der Waals surface area contributed by atoms with E-state index in [1.165, 1.54) is 18.2 Å². The zero-order valence-electron chi connectivity index (χ0n) is 10.3. The average molecular weight is 263 g/mol. The molecule has 0 spiro atoms. The summed E-state index contributed by atoms with van der Waals surface area (Å²) in [5.41, 5.74) is 1.01. The summed E-state index contributed by atoms with van der Waals surface area (Å²) in [6.45, 7) is 1.04. The van der Waals surface area contributed by atoms with Crippen molar-refractivity contribution in [3.63, 3.8) is 0 Å². The Morgan fingerprint density at radius 2 is 2.26 bits per heavy atom. The molecule has 1 saturated carbocycles. The Hall–Kier alpha value is -2.11. The summed E-state index contributed by atoms with van der Waals surface area (Å²) in [7, 11) is 0. The summed E-state index contributed by atoms with van der Waals surface area (Å²) in [5.74, 6) is -0.0159. The molecule has 0 atom stereocenters. The minimum Gasteiger partial charge on any atom is -0.424 e. The van der Waals surface area contributed by atoms with Crippen LogP contribution < -0.4 is 10.6 Å². The summed E-state index contributed by atoms with van der Waals surface area (Å²) in [6, 6.07) is 4.52. The molecule has 1 amide bonds. The van der Waals surface area contributed by atoms with E-state index in [9.17, 15) is 9.18 Å². The smallest absolute Gasteiger partial charge is 0.295 e. The Morgan fingerprint density at radius 3 is 3.05 bits per heavy atom. The molecular weight excluding hydrogens is 249 g/mol. The van der Waals surface area contributed by atoms with Crippen LogP contribution in [0.25, 0.3) is 11.1 Å². The number of rotatable bonds is 5. The number of aromatic nitrogens is 1. The second-order valence-corrected chi connectivity index (χ2v) is 4.62. The third-order valence-corrected chi connectivity index (χ3v) is 3.00. The predicted octanol–water partition coefficient (Wildman–Crippen LogP) is 1.91. The molecule has 1 aliphatic carbocycles. The Labute approximate surface area is 109 Å². The molecule has 100 valence electrons. The molecule has 3 rings (SSSR count). The number of hydrogen-bond donors (Lipinski definition) is 2. The highest BCUT2D eigenvalue weighted by Gasteiger charge is 2.28. The van der Waals surface area contributed by atoms with E-state index in [2.05, 4.69) is 15.6 Å². The van der Waals surface area contributed by atoms with E-state index in [-0.39, 0.29) is 17.6 Å². The quantitative estimate of drug-likeness (QED) is 0.809. The molecule has 0 bridgehead atoms. The maximum atomic E-state index is 13.0. The molecule has 0 saturated heterocycles. The molecule has 2 N–H and O–H groups in total. The van der Waals surface area contributed by atoms with Crippen LogP contribution in [0.15, 0.2) is 22.6 Å². The summed E-state index contributed by atoms with van der Waals surface area (Å²) in [6.07, 6.45) is 1.99. The zero-order valence-corrected chi connectivity index (χ0v) is 10.3. The van der Waals surface area contributed by atoms with Crippen LogP contribution in [0, 0.1) is 11.7 Å². The van der Waals surface area contributed by atoms with Crippen molar-refractivity contribution >= 4 is 23.0 Å². The van der Waals surface area contributed by atoms with E-state index in [0.717, 1.165) is 12.8 Å². The molecule has 6 heteroatoms. The third kappa shape index (κ3) is 2.83. The maximum Gasteiger partial charge on any atom is 0.295 e. The van der Waals surface area contributed by atoms with Crippen LogP contribution in [0.2, 0.25) is 0 Å². The van der Waals surface area contributed by atoms with Crippen molar-refractivity contribution in [3.05, 3.63) is 24.0 Å². The molecular formula is C13H14FN3O2. The minimum absolute atomic E-state index is 0.112. The predicted molar refractivity (Wildman–Crippen MR) is 68.2 cm³/mol. The highest BCUT2D eigenvalue weighted by atomic mass is 19.1. The van der Waals surface area contributed by atoms with Crippen molar-refractivity contribution in [2.45, 2.75) is 12.8 Å². The largest absolute Gasteiger partial charge is 0.424 e. The first-order valence-corrected chi connectivity index (χ1v) is 6.30. The maximum absolute atomic E-state index is 13.0. The van der Waals surface area contributed by atoms with E-state index in [1.54, 1.807) is 0 Å². The first kappa shape index (κ1) is 12.0. The van der Waals surface area contributed by atoms with Crippen molar-refractivity contribution in [2.24, 2.45) is 5.92 Å². The second-order valence-electron chi connectivity index (χ2n) is 4.62. The van der Waals surface area contributed by atoms with Gasteiger partial charge in [-0.15, -0.1) is 0 Å².